The Morgan fingerprint density at radius 2 is 1.61 bits per heavy atom. The Labute approximate surface area is 210 Å². The molecule has 1 aliphatic carbocycles. The fourth-order valence-corrected chi connectivity index (χ4v) is 3.86. The Morgan fingerprint density at radius 1 is 1.00 bits per heavy atom. The number of alkyl halides is 3. The summed E-state index contributed by atoms with van der Waals surface area (Å²) in [6, 6.07) is 11.9. The number of carbonyl (C=O) groups excluding carboxylic acids is 1. The number of halogens is 3. The molecule has 0 saturated heterocycles. The third-order valence-corrected chi connectivity index (χ3v) is 5.48. The van der Waals surface area contributed by atoms with Crippen LogP contribution in [0.25, 0.3) is 11.3 Å². The summed E-state index contributed by atoms with van der Waals surface area (Å²) >= 11 is 0. The second kappa shape index (κ2) is 14.2. The maximum absolute atomic E-state index is 13.1. The summed E-state index contributed by atoms with van der Waals surface area (Å²) in [6.45, 7) is 5.50. The van der Waals surface area contributed by atoms with Gasteiger partial charge < -0.3 is 11.1 Å². The molecule has 0 unspecified atom stereocenters. The molecule has 1 aromatic carbocycles. The number of pyridine rings is 1. The van der Waals surface area contributed by atoms with Gasteiger partial charge in [-0.25, -0.2) is 9.98 Å². The van der Waals surface area contributed by atoms with E-state index >= 15 is 0 Å². The van der Waals surface area contributed by atoms with E-state index in [1.807, 2.05) is 13.8 Å². The van der Waals surface area contributed by atoms with Gasteiger partial charge in [-0.2, -0.15) is 13.2 Å². The van der Waals surface area contributed by atoms with Crippen LogP contribution >= 0.6 is 0 Å². The molecule has 0 bridgehead atoms. The number of rotatable bonds is 3. The van der Waals surface area contributed by atoms with Crippen molar-refractivity contribution >= 4 is 18.0 Å². The number of hydrogen-bond acceptors (Lipinski definition) is 5. The van der Waals surface area contributed by atoms with Gasteiger partial charge in [-0.1, -0.05) is 57.4 Å². The van der Waals surface area contributed by atoms with E-state index in [0.29, 0.717) is 11.5 Å². The van der Waals surface area contributed by atoms with Gasteiger partial charge in [0.15, 0.2) is 11.5 Å². The van der Waals surface area contributed by atoms with Gasteiger partial charge in [0.1, 0.15) is 0 Å². The van der Waals surface area contributed by atoms with E-state index in [2.05, 4.69) is 50.3 Å². The number of allylic oxidation sites excluding steroid dienone is 1. The van der Waals surface area contributed by atoms with Crippen LogP contribution in [0.15, 0.2) is 64.5 Å². The molecule has 9 heteroatoms. The molecule has 0 radical (unpaired) electrons. The monoisotopic (exact) mass is 501 g/mol. The lowest BCUT2D eigenvalue weighted by Crippen LogP contribution is -2.20. The summed E-state index contributed by atoms with van der Waals surface area (Å²) in [4.78, 5) is 21.4. The highest BCUT2D eigenvalue weighted by Crippen LogP contribution is 2.33. The lowest BCUT2D eigenvalue weighted by atomic mass is 9.84. The molecule has 194 valence electrons. The minimum absolute atomic E-state index is 0.00762. The molecule has 3 N–H and O–H groups in total. The number of hydrogen-bond donors (Lipinski definition) is 2. The van der Waals surface area contributed by atoms with Crippen molar-refractivity contribution in [3.05, 3.63) is 65.6 Å². The number of aromatic nitrogens is 1. The number of primary amides is 1. The summed E-state index contributed by atoms with van der Waals surface area (Å²) in [5, 5.41) is 2.52. The van der Waals surface area contributed by atoms with E-state index in [9.17, 15) is 18.0 Å². The molecule has 2 aliphatic rings. The Balaban J connectivity index is 0.000000694. The third-order valence-electron chi connectivity index (χ3n) is 5.48. The van der Waals surface area contributed by atoms with E-state index in [1.54, 1.807) is 12.1 Å². The average Bonchev–Trinajstić information content (AvgIpc) is 2.85. The third kappa shape index (κ3) is 8.94. The van der Waals surface area contributed by atoms with Crippen LogP contribution in [-0.2, 0) is 4.79 Å². The second-order valence-corrected chi connectivity index (χ2v) is 8.18. The molecule has 0 atom stereocenters. The van der Waals surface area contributed by atoms with E-state index < -0.39 is 11.9 Å². The number of nitrogens with one attached hydrogen (secondary N) is 1. The van der Waals surface area contributed by atoms with E-state index in [4.69, 9.17) is 0 Å². The maximum Gasteiger partial charge on any atom is 0.434 e. The van der Waals surface area contributed by atoms with Gasteiger partial charge in [0.2, 0.25) is 5.91 Å². The summed E-state index contributed by atoms with van der Waals surface area (Å²) in [5.41, 5.74) is 7.00. The van der Waals surface area contributed by atoms with Gasteiger partial charge in [0.05, 0.1) is 5.69 Å². The number of aliphatic imine (C=N–C) groups is 2. The molecule has 1 aliphatic heterocycles. The van der Waals surface area contributed by atoms with Crippen LogP contribution in [0.2, 0.25) is 0 Å². The molecule has 1 amide bonds. The Bertz CT molecular complexity index is 1050. The van der Waals surface area contributed by atoms with Crippen molar-refractivity contribution in [3.63, 3.8) is 0 Å². The first-order chi connectivity index (χ1) is 17.2. The van der Waals surface area contributed by atoms with Gasteiger partial charge >= 0.3 is 6.18 Å². The number of nitrogens with zero attached hydrogens (tertiary/aromatic N) is 3. The first-order valence-electron chi connectivity index (χ1n) is 12.2. The molecular weight excluding hydrogens is 467 g/mol. The van der Waals surface area contributed by atoms with Crippen LogP contribution < -0.4 is 11.1 Å². The molecule has 2 aromatic rings. The zero-order valence-corrected chi connectivity index (χ0v) is 21.0. The smallest absolute Gasteiger partial charge is 0.384 e. The molecule has 1 saturated carbocycles. The Kier molecular flexibility index (Phi) is 11.3. The predicted octanol–water partition coefficient (Wildman–Crippen LogP) is 6.14. The highest BCUT2D eigenvalue weighted by Gasteiger charge is 2.34. The van der Waals surface area contributed by atoms with E-state index in [0.717, 1.165) is 17.5 Å². The number of amidine groups is 1. The van der Waals surface area contributed by atoms with Gasteiger partial charge in [-0.3, -0.25) is 9.78 Å². The largest absolute Gasteiger partial charge is 0.434 e. The summed E-state index contributed by atoms with van der Waals surface area (Å²) in [7, 11) is 0. The number of nitrogens with two attached hydrogens (primary N) is 1. The molecule has 1 fully saturated rings. The van der Waals surface area contributed by atoms with Gasteiger partial charge in [-0.15, -0.1) is 0 Å². The minimum Gasteiger partial charge on any atom is -0.384 e. The second-order valence-electron chi connectivity index (χ2n) is 8.18. The van der Waals surface area contributed by atoms with Crippen LogP contribution in [0.4, 0.5) is 13.2 Å². The van der Waals surface area contributed by atoms with Crippen LogP contribution in [0.3, 0.4) is 0 Å². The average molecular weight is 502 g/mol. The fraction of sp³-hybridized carbons (Fsp3) is 0.407. The Hall–Kier alpha value is -3.49. The van der Waals surface area contributed by atoms with Crippen LogP contribution in [0, 0.1) is 0 Å². The van der Waals surface area contributed by atoms with Crippen molar-refractivity contribution in [1.29, 1.82) is 0 Å². The van der Waals surface area contributed by atoms with Crippen LogP contribution in [-0.4, -0.2) is 35.7 Å². The van der Waals surface area contributed by atoms with Gasteiger partial charge in [-0.05, 0) is 36.5 Å². The highest BCUT2D eigenvalue weighted by molar-refractivity contribution is 6.03. The topological polar surface area (TPSA) is 92.7 Å². The van der Waals surface area contributed by atoms with Crippen LogP contribution in [0.1, 0.15) is 69.9 Å². The fourth-order valence-electron chi connectivity index (χ4n) is 3.86. The molecule has 6 nitrogen and oxygen atoms in total. The summed E-state index contributed by atoms with van der Waals surface area (Å²) < 4.78 is 39.3. The molecule has 36 heavy (non-hydrogen) atoms. The summed E-state index contributed by atoms with van der Waals surface area (Å²) in [5.74, 6) is 0.301. The minimum atomic E-state index is -4.56. The summed E-state index contributed by atoms with van der Waals surface area (Å²) in [6.07, 6.45) is 5.73. The number of benzene rings is 1. The predicted molar refractivity (Wildman–Crippen MR) is 139 cm³/mol. The van der Waals surface area contributed by atoms with Crippen molar-refractivity contribution in [2.75, 3.05) is 6.54 Å². The van der Waals surface area contributed by atoms with Gasteiger partial charge in [0, 0.05) is 43.2 Å². The lowest BCUT2D eigenvalue weighted by molar-refractivity contribution is -0.116. The zero-order valence-electron chi connectivity index (χ0n) is 21.0. The standard InChI is InChI=1S/C23H23F3N4.C2H5NO.C2H6/c24-23(25,26)21-15-27-12-13-28-22(30-21)19-10-11-20(29-14-19)18-8-6-17(7-9-18)16-4-2-1-3-5-16;1-2(3)4;1-2/h6-11,13-16,27H,1-5,12H2;1H3,(H2,3,4);1-2H3/b21-15-,28-13?,30-22?;;. The molecule has 4 rings (SSSR count). The van der Waals surface area contributed by atoms with Gasteiger partial charge in [0.25, 0.3) is 0 Å². The number of carbonyl (C=O) groups is 1. The molecule has 0 spiro atoms. The van der Waals surface area contributed by atoms with E-state index in [1.165, 1.54) is 57.0 Å². The van der Waals surface area contributed by atoms with Crippen molar-refractivity contribution < 1.29 is 18.0 Å². The van der Waals surface area contributed by atoms with Crippen molar-refractivity contribution in [2.24, 2.45) is 15.7 Å². The van der Waals surface area contributed by atoms with E-state index in [-0.39, 0.29) is 18.3 Å². The first-order valence-corrected chi connectivity index (χ1v) is 12.2. The first kappa shape index (κ1) is 28.7. The number of amides is 1. The molecule has 2 heterocycles. The molecule has 1 aromatic heterocycles. The van der Waals surface area contributed by atoms with Crippen LogP contribution in [0.5, 0.6) is 0 Å². The lowest BCUT2D eigenvalue weighted by Gasteiger charge is -2.22. The quantitative estimate of drug-likeness (QED) is 0.529. The zero-order chi connectivity index (χ0) is 26.6. The SMILES string of the molecule is CC.CC(N)=O.FC(F)(F)/C1=C/NCC=NC(c2ccc(-c3ccc(C4CCCCC4)cc3)nc2)=N1. The van der Waals surface area contributed by atoms with Crippen molar-refractivity contribution in [3.8, 4) is 11.3 Å². The normalized spacial score (nSPS) is 17.4. The van der Waals surface area contributed by atoms with Crippen molar-refractivity contribution in [1.82, 2.24) is 10.3 Å². The maximum atomic E-state index is 13.1. The molecular formula is C27H34F3N5O. The highest BCUT2D eigenvalue weighted by atomic mass is 19.4. The van der Waals surface area contributed by atoms with Crippen molar-refractivity contribution in [2.45, 2.75) is 65.0 Å². The Morgan fingerprint density at radius 3 is 2.17 bits per heavy atom.